The van der Waals surface area contributed by atoms with Crippen LogP contribution < -0.4 is 4.72 Å². The molecule has 2 aliphatic rings. The van der Waals surface area contributed by atoms with Crippen LogP contribution >= 0.6 is 34.5 Å². The van der Waals surface area contributed by atoms with Crippen molar-refractivity contribution in [2.75, 3.05) is 13.1 Å². The smallest absolute Gasteiger partial charge is 0.404 e. The van der Waals surface area contributed by atoms with Crippen molar-refractivity contribution in [1.82, 2.24) is 24.8 Å². The summed E-state index contributed by atoms with van der Waals surface area (Å²) in [7, 11) is -4.79. The largest absolute Gasteiger partial charge is 0.419 e. The minimum Gasteiger partial charge on any atom is -0.419 e. The molecule has 0 spiro atoms. The quantitative estimate of drug-likeness (QED) is 0.292. The van der Waals surface area contributed by atoms with Crippen LogP contribution in [0.15, 0.2) is 31.5 Å². The maximum Gasteiger partial charge on any atom is 0.404 e. The highest BCUT2D eigenvalue weighted by molar-refractivity contribution is 7.93. The molecule has 4 rings (SSSR count). The minimum absolute atomic E-state index is 0.0599. The Balaban J connectivity index is 1.76. The predicted octanol–water partition coefficient (Wildman–Crippen LogP) is 6.48. The van der Waals surface area contributed by atoms with Crippen LogP contribution in [0.5, 0.6) is 0 Å². The summed E-state index contributed by atoms with van der Waals surface area (Å²) in [5.41, 5.74) is -0.826. The van der Waals surface area contributed by atoms with E-state index in [9.17, 15) is 36.0 Å². The van der Waals surface area contributed by atoms with Crippen molar-refractivity contribution in [2.24, 2.45) is 5.41 Å². The maximum atomic E-state index is 13.8. The Labute approximate surface area is 270 Å². The SMILES string of the molecule is CC[C@H](NS(=O)(=O)C1=CCC=C(c2sc(-c3nnc(CC(C)(C)C#N)o3)nc2C(=O)N2CCC(F)CC2)C(Cl)=C1Cl)C(F)(F)F. The molecule has 45 heavy (non-hydrogen) atoms. The van der Waals surface area contributed by atoms with E-state index in [1.807, 2.05) is 0 Å². The zero-order valence-electron chi connectivity index (χ0n) is 24.2. The molecule has 0 aromatic carbocycles. The Morgan fingerprint density at radius 2 is 1.89 bits per heavy atom. The molecular formula is C27H28Cl2F4N6O4S2. The van der Waals surface area contributed by atoms with Crippen LogP contribution in [0.25, 0.3) is 16.5 Å². The molecule has 0 bridgehead atoms. The van der Waals surface area contributed by atoms with Gasteiger partial charge in [0.15, 0.2) is 5.01 Å². The number of likely N-dealkylation sites (tertiary alicyclic amines) is 1. The lowest BCUT2D eigenvalue weighted by Crippen LogP contribution is -2.45. The average molecular weight is 712 g/mol. The second-order valence-corrected chi connectivity index (χ2v) is 14.4. The lowest BCUT2D eigenvalue weighted by atomic mass is 9.92. The van der Waals surface area contributed by atoms with Gasteiger partial charge in [-0.25, -0.2) is 17.8 Å². The summed E-state index contributed by atoms with van der Waals surface area (Å²) in [6.07, 6.45) is -3.63. The van der Waals surface area contributed by atoms with Crippen LogP contribution in [0, 0.1) is 16.7 Å². The van der Waals surface area contributed by atoms with Gasteiger partial charge in [0.2, 0.25) is 15.9 Å². The van der Waals surface area contributed by atoms with Gasteiger partial charge in [0, 0.05) is 25.1 Å². The fourth-order valence-electron chi connectivity index (χ4n) is 4.51. The van der Waals surface area contributed by atoms with Crippen molar-refractivity contribution in [3.63, 3.8) is 0 Å². The second kappa shape index (κ2) is 13.5. The van der Waals surface area contributed by atoms with E-state index in [0.29, 0.717) is 0 Å². The van der Waals surface area contributed by atoms with Crippen LogP contribution in [0.2, 0.25) is 0 Å². The van der Waals surface area contributed by atoms with Crippen LogP contribution in [0.3, 0.4) is 0 Å². The molecule has 3 heterocycles. The van der Waals surface area contributed by atoms with Crippen LogP contribution in [-0.2, 0) is 16.4 Å². The first-order valence-electron chi connectivity index (χ1n) is 13.7. The third-order valence-corrected chi connectivity index (χ3v) is 10.6. The summed E-state index contributed by atoms with van der Waals surface area (Å²) in [5.74, 6) is -0.471. The minimum atomic E-state index is -4.85. The predicted molar refractivity (Wildman–Crippen MR) is 160 cm³/mol. The van der Waals surface area contributed by atoms with Crippen LogP contribution in [0.1, 0.15) is 67.7 Å². The lowest BCUT2D eigenvalue weighted by Gasteiger charge is -2.28. The number of sulfonamides is 1. The number of halogens is 6. The summed E-state index contributed by atoms with van der Waals surface area (Å²) in [4.78, 5) is 19.1. The van der Waals surface area contributed by atoms with E-state index in [0.717, 1.165) is 17.4 Å². The van der Waals surface area contributed by atoms with Crippen molar-refractivity contribution in [2.45, 2.75) is 71.3 Å². The molecule has 2 aromatic rings. The number of aromatic nitrogens is 3. The highest BCUT2D eigenvalue weighted by Gasteiger charge is 2.42. The van der Waals surface area contributed by atoms with Gasteiger partial charge in [-0.1, -0.05) is 42.3 Å². The van der Waals surface area contributed by atoms with Crippen molar-refractivity contribution in [1.29, 1.82) is 5.26 Å². The number of hydrogen-bond donors (Lipinski definition) is 1. The fourth-order valence-corrected chi connectivity index (χ4v) is 7.86. The van der Waals surface area contributed by atoms with E-state index in [1.165, 1.54) is 17.9 Å². The fraction of sp³-hybridized carbons (Fsp3) is 0.519. The number of amides is 1. The second-order valence-electron chi connectivity index (χ2n) is 11.0. The van der Waals surface area contributed by atoms with Gasteiger partial charge in [-0.2, -0.15) is 23.2 Å². The summed E-state index contributed by atoms with van der Waals surface area (Å²) in [5, 5.41) is 16.5. The van der Waals surface area contributed by atoms with Crippen molar-refractivity contribution < 1.29 is 35.2 Å². The number of hydrogen-bond acceptors (Lipinski definition) is 9. The Morgan fingerprint density at radius 3 is 2.49 bits per heavy atom. The number of rotatable bonds is 9. The number of alkyl halides is 4. The number of allylic oxidation sites excluding steroid dienone is 5. The monoisotopic (exact) mass is 710 g/mol. The number of carbonyl (C=O) groups excluding carboxylic acids is 1. The Morgan fingerprint density at radius 1 is 1.22 bits per heavy atom. The molecule has 2 aromatic heterocycles. The molecule has 0 saturated carbocycles. The van der Waals surface area contributed by atoms with Gasteiger partial charge in [0.05, 0.1) is 31.3 Å². The number of carbonyl (C=O) groups is 1. The third kappa shape index (κ3) is 7.94. The van der Waals surface area contributed by atoms with Crippen molar-refractivity contribution in [3.05, 3.63) is 43.6 Å². The zero-order chi connectivity index (χ0) is 33.3. The van der Waals surface area contributed by atoms with E-state index in [1.54, 1.807) is 18.6 Å². The highest BCUT2D eigenvalue weighted by atomic mass is 35.5. The molecular weight excluding hydrogens is 683 g/mol. The topological polar surface area (TPSA) is 142 Å². The zero-order valence-corrected chi connectivity index (χ0v) is 27.4. The maximum absolute atomic E-state index is 13.8. The first kappa shape index (κ1) is 35.0. The van der Waals surface area contributed by atoms with Crippen molar-refractivity contribution >= 4 is 56.0 Å². The number of piperidine rings is 1. The van der Waals surface area contributed by atoms with Crippen molar-refractivity contribution in [3.8, 4) is 17.0 Å². The molecule has 1 saturated heterocycles. The van der Waals surface area contributed by atoms with Gasteiger partial charge in [0.25, 0.3) is 11.8 Å². The van der Waals surface area contributed by atoms with Crippen LogP contribution in [-0.4, -0.2) is 65.9 Å². The summed E-state index contributed by atoms with van der Waals surface area (Å²) < 4.78 is 87.4. The molecule has 1 aliphatic heterocycles. The molecule has 0 unspecified atom stereocenters. The highest BCUT2D eigenvalue weighted by Crippen LogP contribution is 2.43. The van der Waals surface area contributed by atoms with Crippen LogP contribution in [0.4, 0.5) is 17.6 Å². The molecule has 1 aliphatic carbocycles. The van der Waals surface area contributed by atoms with Gasteiger partial charge in [-0.05, 0) is 39.5 Å². The van der Waals surface area contributed by atoms with Gasteiger partial charge in [-0.3, -0.25) is 4.79 Å². The molecule has 1 fully saturated rings. The van der Waals surface area contributed by atoms with Gasteiger partial charge >= 0.3 is 6.18 Å². The van der Waals surface area contributed by atoms with E-state index in [-0.39, 0.29) is 76.7 Å². The van der Waals surface area contributed by atoms with E-state index in [4.69, 9.17) is 27.6 Å². The molecule has 0 radical (unpaired) electrons. The molecule has 1 atom stereocenters. The Bertz CT molecular complexity index is 1700. The molecule has 10 nitrogen and oxygen atoms in total. The first-order chi connectivity index (χ1) is 21.0. The molecule has 18 heteroatoms. The number of thiazole rings is 1. The third-order valence-electron chi connectivity index (χ3n) is 6.99. The number of nitrogens with one attached hydrogen (secondary N) is 1. The first-order valence-corrected chi connectivity index (χ1v) is 16.8. The lowest BCUT2D eigenvalue weighted by molar-refractivity contribution is -0.151. The summed E-state index contributed by atoms with van der Waals surface area (Å²) in [6, 6.07) is -0.225. The molecule has 1 amide bonds. The average Bonchev–Trinajstić information content (AvgIpc) is 3.58. The van der Waals surface area contributed by atoms with Gasteiger partial charge in [-0.15, -0.1) is 21.5 Å². The molecule has 1 N–H and O–H groups in total. The summed E-state index contributed by atoms with van der Waals surface area (Å²) in [6.45, 7) is 4.80. The Hall–Kier alpha value is -2.84. The van der Waals surface area contributed by atoms with E-state index in [2.05, 4.69) is 21.3 Å². The van der Waals surface area contributed by atoms with E-state index >= 15 is 0 Å². The number of nitrogens with zero attached hydrogens (tertiary/aromatic N) is 5. The van der Waals surface area contributed by atoms with Gasteiger partial charge < -0.3 is 9.32 Å². The standard InChI is InChI=1S/C27H28Cl2F4N6O4S2/c1-4-17(27(31,32)33)38-45(41,42)16-7-5-6-15(19(28)20(16)29)22-21(25(40)39-10-8-14(30)9-11-39)35-24(44-22)23-37-36-18(43-23)12-26(2,3)13-34/h6-7,14,17,38H,4-5,8-12H2,1-3H3/t17-/m0/s1. The molecule has 244 valence electrons. The van der Waals surface area contributed by atoms with Gasteiger partial charge in [0.1, 0.15) is 17.9 Å². The number of nitriles is 1. The summed E-state index contributed by atoms with van der Waals surface area (Å²) >= 11 is 13.9. The van der Waals surface area contributed by atoms with E-state index < -0.39 is 56.1 Å². The normalized spacial score (nSPS) is 17.9. The Kier molecular flexibility index (Phi) is 10.5.